The van der Waals surface area contributed by atoms with Crippen molar-refractivity contribution in [1.29, 1.82) is 0 Å². The van der Waals surface area contributed by atoms with Crippen molar-refractivity contribution in [2.24, 2.45) is 0 Å². The molecule has 6 heteroatoms. The van der Waals surface area contributed by atoms with E-state index in [1.54, 1.807) is 6.20 Å². The lowest BCUT2D eigenvalue weighted by Crippen LogP contribution is -2.17. The van der Waals surface area contributed by atoms with Gasteiger partial charge in [0.25, 0.3) is 5.91 Å². The van der Waals surface area contributed by atoms with Crippen molar-refractivity contribution in [3.8, 4) is 11.3 Å². The summed E-state index contributed by atoms with van der Waals surface area (Å²) in [6, 6.07) is 20.0. The van der Waals surface area contributed by atoms with Crippen molar-refractivity contribution in [3.05, 3.63) is 72.4 Å². The Morgan fingerprint density at radius 1 is 1.00 bits per heavy atom. The minimum atomic E-state index is -0.160. The van der Waals surface area contributed by atoms with E-state index < -0.39 is 0 Å². The first-order chi connectivity index (χ1) is 15.6. The van der Waals surface area contributed by atoms with Gasteiger partial charge in [-0.3, -0.25) is 4.79 Å². The number of nitrogens with one attached hydrogen (secondary N) is 1. The molecule has 3 heterocycles. The van der Waals surface area contributed by atoms with Crippen LogP contribution < -0.4 is 10.2 Å². The quantitative estimate of drug-likeness (QED) is 0.457. The zero-order chi connectivity index (χ0) is 22.1. The van der Waals surface area contributed by atoms with Gasteiger partial charge >= 0.3 is 0 Å². The van der Waals surface area contributed by atoms with Gasteiger partial charge in [-0.15, -0.1) is 0 Å². The van der Waals surface area contributed by atoms with Gasteiger partial charge in [0.05, 0.1) is 22.8 Å². The minimum absolute atomic E-state index is 0.139. The van der Waals surface area contributed by atoms with Gasteiger partial charge in [-0.2, -0.15) is 5.10 Å². The number of amides is 1. The minimum Gasteiger partial charge on any atom is -0.372 e. The molecule has 1 saturated heterocycles. The predicted octanol–water partition coefficient (Wildman–Crippen LogP) is 5.53. The summed E-state index contributed by atoms with van der Waals surface area (Å²) in [5, 5.41) is 8.32. The number of pyridine rings is 1. The second-order valence-electron chi connectivity index (χ2n) is 8.54. The van der Waals surface area contributed by atoms with Crippen molar-refractivity contribution < 1.29 is 4.79 Å². The van der Waals surface area contributed by atoms with Crippen molar-refractivity contribution in [2.45, 2.75) is 32.7 Å². The molecule has 0 unspecified atom stereocenters. The fraction of sp³-hybridized carbons (Fsp3) is 0.269. The molecule has 0 saturated carbocycles. The van der Waals surface area contributed by atoms with Crippen LogP contribution >= 0.6 is 0 Å². The van der Waals surface area contributed by atoms with Gasteiger partial charge in [-0.25, -0.2) is 9.67 Å². The lowest BCUT2D eigenvalue weighted by molar-refractivity contribution is 0.102. The van der Waals surface area contributed by atoms with E-state index in [0.29, 0.717) is 5.56 Å². The van der Waals surface area contributed by atoms with E-state index in [2.05, 4.69) is 41.3 Å². The SMILES string of the molecule is CC(C)n1ncc2c(C(=O)Nc3ccc(N4CCCC4)cc3)cc(-c3ccccc3)nc21. The average Bonchev–Trinajstić information content (AvgIpc) is 3.50. The Kier molecular flexibility index (Phi) is 5.35. The zero-order valence-corrected chi connectivity index (χ0v) is 18.5. The summed E-state index contributed by atoms with van der Waals surface area (Å²) in [4.78, 5) is 20.6. The van der Waals surface area contributed by atoms with Gasteiger partial charge < -0.3 is 10.2 Å². The molecule has 0 bridgehead atoms. The van der Waals surface area contributed by atoms with Crippen molar-refractivity contribution in [1.82, 2.24) is 14.8 Å². The predicted molar refractivity (Wildman–Crippen MR) is 129 cm³/mol. The average molecular weight is 426 g/mol. The Balaban J connectivity index is 1.50. The number of aromatic nitrogens is 3. The third-order valence-electron chi connectivity index (χ3n) is 5.97. The molecule has 1 aliphatic rings. The van der Waals surface area contributed by atoms with E-state index in [1.807, 2.05) is 53.2 Å². The maximum absolute atomic E-state index is 13.3. The van der Waals surface area contributed by atoms with Gasteiger partial charge in [0.2, 0.25) is 0 Å². The summed E-state index contributed by atoms with van der Waals surface area (Å²) in [6.45, 7) is 6.32. The van der Waals surface area contributed by atoms with Crippen molar-refractivity contribution in [2.75, 3.05) is 23.3 Å². The Morgan fingerprint density at radius 2 is 1.72 bits per heavy atom. The standard InChI is InChI=1S/C26H27N5O/c1-18(2)31-25-23(17-27-31)22(16-24(29-25)19-8-4-3-5-9-19)26(32)28-20-10-12-21(13-11-20)30-14-6-7-15-30/h3-5,8-13,16-18H,6-7,14-15H2,1-2H3,(H,28,32). The van der Waals surface area contributed by atoms with Crippen molar-refractivity contribution in [3.63, 3.8) is 0 Å². The topological polar surface area (TPSA) is 63.1 Å². The number of rotatable bonds is 5. The Labute approximate surface area is 187 Å². The maximum atomic E-state index is 13.3. The molecule has 0 atom stereocenters. The van der Waals surface area contributed by atoms with Crippen LogP contribution in [0.1, 0.15) is 43.1 Å². The van der Waals surface area contributed by atoms with E-state index in [4.69, 9.17) is 4.98 Å². The van der Waals surface area contributed by atoms with Crippen LogP contribution in [0.2, 0.25) is 0 Å². The van der Waals surface area contributed by atoms with Gasteiger partial charge in [0, 0.05) is 36.1 Å². The van der Waals surface area contributed by atoms with Crippen LogP contribution in [0, 0.1) is 0 Å². The highest BCUT2D eigenvalue weighted by Crippen LogP contribution is 2.28. The molecule has 2 aromatic carbocycles. The Hall–Kier alpha value is -3.67. The highest BCUT2D eigenvalue weighted by molar-refractivity contribution is 6.12. The number of carbonyl (C=O) groups excluding carboxylic acids is 1. The normalized spacial score (nSPS) is 13.8. The fourth-order valence-corrected chi connectivity index (χ4v) is 4.27. The largest absolute Gasteiger partial charge is 0.372 e. The second-order valence-corrected chi connectivity index (χ2v) is 8.54. The molecule has 1 fully saturated rings. The first-order valence-corrected chi connectivity index (χ1v) is 11.2. The van der Waals surface area contributed by atoms with E-state index in [9.17, 15) is 4.79 Å². The number of carbonyl (C=O) groups is 1. The molecular formula is C26H27N5O. The molecule has 1 amide bonds. The molecule has 0 spiro atoms. The van der Waals surface area contributed by atoms with Gasteiger partial charge in [0.15, 0.2) is 5.65 Å². The van der Waals surface area contributed by atoms with Crippen LogP contribution in [0.15, 0.2) is 66.9 Å². The summed E-state index contributed by atoms with van der Waals surface area (Å²) in [7, 11) is 0. The van der Waals surface area contributed by atoms with Gasteiger partial charge in [-0.1, -0.05) is 30.3 Å². The summed E-state index contributed by atoms with van der Waals surface area (Å²) in [5.74, 6) is -0.160. The number of anilines is 2. The summed E-state index contributed by atoms with van der Waals surface area (Å²) < 4.78 is 1.86. The molecule has 4 aromatic rings. The highest BCUT2D eigenvalue weighted by Gasteiger charge is 2.19. The maximum Gasteiger partial charge on any atom is 0.256 e. The molecule has 2 aromatic heterocycles. The number of nitrogens with zero attached hydrogens (tertiary/aromatic N) is 4. The number of benzene rings is 2. The Bertz CT molecular complexity index is 1240. The molecule has 5 rings (SSSR count). The second kappa shape index (κ2) is 8.46. The summed E-state index contributed by atoms with van der Waals surface area (Å²) >= 11 is 0. The summed E-state index contributed by atoms with van der Waals surface area (Å²) in [5.41, 5.74) is 5.00. The molecule has 32 heavy (non-hydrogen) atoms. The fourth-order valence-electron chi connectivity index (χ4n) is 4.27. The van der Waals surface area contributed by atoms with E-state index in [1.165, 1.54) is 18.5 Å². The molecule has 1 aliphatic heterocycles. The third kappa shape index (κ3) is 3.84. The number of hydrogen-bond donors (Lipinski definition) is 1. The van der Waals surface area contributed by atoms with Crippen LogP contribution in [-0.2, 0) is 0 Å². The zero-order valence-electron chi connectivity index (χ0n) is 18.5. The molecular weight excluding hydrogens is 398 g/mol. The molecule has 0 aliphatic carbocycles. The first-order valence-electron chi connectivity index (χ1n) is 11.2. The van der Waals surface area contributed by atoms with Gasteiger partial charge in [0.1, 0.15) is 0 Å². The smallest absolute Gasteiger partial charge is 0.256 e. The van der Waals surface area contributed by atoms with Crippen LogP contribution in [0.3, 0.4) is 0 Å². The first kappa shape index (κ1) is 20.2. The van der Waals surface area contributed by atoms with Crippen LogP contribution in [0.4, 0.5) is 11.4 Å². The molecule has 0 radical (unpaired) electrons. The summed E-state index contributed by atoms with van der Waals surface area (Å²) in [6.07, 6.45) is 4.22. The Morgan fingerprint density at radius 3 is 2.41 bits per heavy atom. The lowest BCUT2D eigenvalue weighted by Gasteiger charge is -2.18. The van der Waals surface area contributed by atoms with E-state index in [0.717, 1.165) is 41.1 Å². The number of fused-ring (bicyclic) bond motifs is 1. The van der Waals surface area contributed by atoms with Crippen LogP contribution in [0.5, 0.6) is 0 Å². The van der Waals surface area contributed by atoms with Gasteiger partial charge in [-0.05, 0) is 57.0 Å². The van der Waals surface area contributed by atoms with Crippen LogP contribution in [0.25, 0.3) is 22.3 Å². The lowest BCUT2D eigenvalue weighted by atomic mass is 10.1. The monoisotopic (exact) mass is 425 g/mol. The molecule has 6 nitrogen and oxygen atoms in total. The highest BCUT2D eigenvalue weighted by atomic mass is 16.1. The van der Waals surface area contributed by atoms with E-state index in [-0.39, 0.29) is 11.9 Å². The van der Waals surface area contributed by atoms with E-state index >= 15 is 0 Å². The molecule has 162 valence electrons. The van der Waals surface area contributed by atoms with Crippen LogP contribution in [-0.4, -0.2) is 33.8 Å². The molecule has 1 N–H and O–H groups in total. The number of hydrogen-bond acceptors (Lipinski definition) is 4. The third-order valence-corrected chi connectivity index (χ3v) is 5.97. The van der Waals surface area contributed by atoms with Crippen molar-refractivity contribution >= 4 is 28.3 Å².